The lowest BCUT2D eigenvalue weighted by Crippen LogP contribution is -2.28. The van der Waals surface area contributed by atoms with Crippen LogP contribution in [0.2, 0.25) is 9.36 Å². The summed E-state index contributed by atoms with van der Waals surface area (Å²) in [6.07, 6.45) is 1.51. The second kappa shape index (κ2) is 10.8. The fourth-order valence-corrected chi connectivity index (χ4v) is 4.67. The zero-order chi connectivity index (χ0) is 25.1. The van der Waals surface area contributed by atoms with Gasteiger partial charge in [-0.15, -0.1) is 11.3 Å². The highest BCUT2D eigenvalue weighted by Crippen LogP contribution is 2.37. The Kier molecular flexibility index (Phi) is 7.74. The van der Waals surface area contributed by atoms with Gasteiger partial charge in [-0.25, -0.2) is 15.0 Å². The molecule has 0 spiro atoms. The minimum Gasteiger partial charge on any atom is -0.487 e. The molecule has 3 aromatic heterocycles. The topological polar surface area (TPSA) is 86.2 Å². The summed E-state index contributed by atoms with van der Waals surface area (Å²) in [5, 5.41) is 4.19. The number of methoxy groups -OCH3 is 1. The van der Waals surface area contributed by atoms with E-state index < -0.39 is 0 Å². The van der Waals surface area contributed by atoms with E-state index >= 15 is 0 Å². The summed E-state index contributed by atoms with van der Waals surface area (Å²) in [6, 6.07) is 7.69. The largest absolute Gasteiger partial charge is 0.487 e. The maximum Gasteiger partial charge on any atom is 0.222 e. The number of hydrogen-bond donors (Lipinski definition) is 1. The third kappa shape index (κ3) is 5.34. The second-order valence-electron chi connectivity index (χ2n) is 8.17. The van der Waals surface area contributed by atoms with Gasteiger partial charge in [-0.1, -0.05) is 49.2 Å². The van der Waals surface area contributed by atoms with Gasteiger partial charge >= 0.3 is 0 Å². The van der Waals surface area contributed by atoms with Crippen LogP contribution in [0.25, 0.3) is 22.2 Å². The number of halogens is 2. The molecule has 0 aliphatic carbocycles. The van der Waals surface area contributed by atoms with Crippen LogP contribution in [0.3, 0.4) is 0 Å². The number of para-hydroxylation sites is 1. The first kappa shape index (κ1) is 25.2. The zero-order valence-corrected chi connectivity index (χ0v) is 22.0. The molecule has 1 N–H and O–H groups in total. The van der Waals surface area contributed by atoms with Crippen molar-refractivity contribution in [2.24, 2.45) is 5.92 Å². The maximum absolute atomic E-state index is 12.2. The number of aromatic nitrogens is 3. The van der Waals surface area contributed by atoms with E-state index in [0.29, 0.717) is 37.6 Å². The summed E-state index contributed by atoms with van der Waals surface area (Å²) in [7, 11) is 1.52. The van der Waals surface area contributed by atoms with Gasteiger partial charge in [0.25, 0.3) is 0 Å². The van der Waals surface area contributed by atoms with Gasteiger partial charge in [0.05, 0.1) is 17.6 Å². The van der Waals surface area contributed by atoms with Crippen LogP contribution in [0.15, 0.2) is 36.0 Å². The molecule has 4 rings (SSSR count). The van der Waals surface area contributed by atoms with Gasteiger partial charge in [0.2, 0.25) is 11.8 Å². The van der Waals surface area contributed by atoms with Crippen molar-refractivity contribution in [1.82, 2.24) is 20.3 Å². The predicted octanol–water partition coefficient (Wildman–Crippen LogP) is 6.23. The van der Waals surface area contributed by atoms with Gasteiger partial charge in [0.15, 0.2) is 0 Å². The molecular weight excluding hydrogens is 507 g/mol. The molecular formula is C25H24Cl2N4O3S. The van der Waals surface area contributed by atoms with E-state index in [1.165, 1.54) is 24.6 Å². The molecule has 0 fully saturated rings. The molecule has 7 nitrogen and oxygen atoms in total. The summed E-state index contributed by atoms with van der Waals surface area (Å²) in [4.78, 5) is 25.6. The van der Waals surface area contributed by atoms with E-state index in [9.17, 15) is 4.79 Å². The Morgan fingerprint density at radius 2 is 2.00 bits per heavy atom. The number of nitrogens with one attached hydrogen (secondary N) is 1. The van der Waals surface area contributed by atoms with Crippen molar-refractivity contribution < 1.29 is 14.3 Å². The highest BCUT2D eigenvalue weighted by Gasteiger charge is 2.19. The third-order valence-corrected chi connectivity index (χ3v) is 6.83. The van der Waals surface area contributed by atoms with Gasteiger partial charge in [-0.05, 0) is 19.1 Å². The van der Waals surface area contributed by atoms with Crippen molar-refractivity contribution in [3.8, 4) is 22.9 Å². The number of aryl methyl sites for hydroxylation is 1. The van der Waals surface area contributed by atoms with Crippen LogP contribution >= 0.6 is 34.5 Å². The van der Waals surface area contributed by atoms with Crippen molar-refractivity contribution in [1.29, 1.82) is 0 Å². The molecule has 4 aromatic rings. The van der Waals surface area contributed by atoms with Crippen LogP contribution in [0, 0.1) is 12.8 Å². The number of rotatable bonds is 8. The fourth-order valence-electron chi connectivity index (χ4n) is 3.66. The Morgan fingerprint density at radius 3 is 2.69 bits per heavy atom. The van der Waals surface area contributed by atoms with Crippen molar-refractivity contribution in [2.45, 2.75) is 33.9 Å². The van der Waals surface area contributed by atoms with Gasteiger partial charge in [0.1, 0.15) is 27.9 Å². The highest BCUT2D eigenvalue weighted by atomic mass is 35.5. The van der Waals surface area contributed by atoms with Crippen molar-refractivity contribution in [2.75, 3.05) is 7.11 Å². The number of thiazole rings is 1. The van der Waals surface area contributed by atoms with Gasteiger partial charge in [0, 0.05) is 46.4 Å². The minimum atomic E-state index is -0.154. The number of carbonyl (C=O) groups excluding carboxylic acids is 1. The van der Waals surface area contributed by atoms with E-state index in [0.717, 1.165) is 22.3 Å². The maximum atomic E-state index is 12.2. The van der Waals surface area contributed by atoms with Crippen LogP contribution in [0.4, 0.5) is 0 Å². The van der Waals surface area contributed by atoms with Crippen LogP contribution in [-0.4, -0.2) is 28.0 Å². The number of amides is 1. The first-order valence-corrected chi connectivity index (χ1v) is 12.5. The van der Waals surface area contributed by atoms with E-state index in [4.69, 9.17) is 37.7 Å². The van der Waals surface area contributed by atoms with E-state index in [1.54, 1.807) is 5.51 Å². The lowest BCUT2D eigenvalue weighted by atomic mass is 10.0. The standard InChI is InChI=1S/C25H24Cl2N4O3S/c1-13(2)24(32)28-9-17-18(19(26)10-29-25(17)33-4)11-34-20-7-5-6-15-16(8-14(3)31-21(15)20)22-23(27)35-12-30-22/h5-8,10,12-13H,9,11H2,1-4H3,(H,28,32). The number of ether oxygens (including phenoxy) is 2. The van der Waals surface area contributed by atoms with Gasteiger partial charge in [-0.3, -0.25) is 4.79 Å². The lowest BCUT2D eigenvalue weighted by Gasteiger charge is -2.17. The molecule has 0 saturated heterocycles. The minimum absolute atomic E-state index is 0.0825. The lowest BCUT2D eigenvalue weighted by molar-refractivity contribution is -0.124. The van der Waals surface area contributed by atoms with Crippen LogP contribution < -0.4 is 14.8 Å². The predicted molar refractivity (Wildman–Crippen MR) is 139 cm³/mol. The smallest absolute Gasteiger partial charge is 0.222 e. The Bertz CT molecular complexity index is 1390. The average Bonchev–Trinajstić information content (AvgIpc) is 3.26. The Balaban J connectivity index is 1.70. The van der Waals surface area contributed by atoms with Gasteiger partial charge < -0.3 is 14.8 Å². The average molecular weight is 531 g/mol. The molecule has 182 valence electrons. The zero-order valence-electron chi connectivity index (χ0n) is 19.7. The molecule has 0 aliphatic heterocycles. The number of fused-ring (bicyclic) bond motifs is 1. The summed E-state index contributed by atoms with van der Waals surface area (Å²) in [5.74, 6) is 0.728. The molecule has 1 amide bonds. The number of hydrogen-bond acceptors (Lipinski definition) is 7. The molecule has 35 heavy (non-hydrogen) atoms. The van der Waals surface area contributed by atoms with E-state index in [-0.39, 0.29) is 25.0 Å². The molecule has 0 radical (unpaired) electrons. The number of benzene rings is 1. The van der Waals surface area contributed by atoms with E-state index in [1.807, 2.05) is 45.0 Å². The monoisotopic (exact) mass is 530 g/mol. The summed E-state index contributed by atoms with van der Waals surface area (Å²) >= 11 is 14.3. The number of carbonyl (C=O) groups is 1. The SMILES string of the molecule is COc1ncc(Cl)c(COc2cccc3c(-c4ncsc4Cl)cc(C)nc23)c1CNC(=O)C(C)C. The Labute approximate surface area is 217 Å². The number of pyridine rings is 2. The molecule has 3 heterocycles. The van der Waals surface area contributed by atoms with Crippen LogP contribution in [-0.2, 0) is 17.9 Å². The highest BCUT2D eigenvalue weighted by molar-refractivity contribution is 7.14. The molecule has 1 aromatic carbocycles. The molecule has 0 bridgehead atoms. The quantitative estimate of drug-likeness (QED) is 0.290. The van der Waals surface area contributed by atoms with Gasteiger partial charge in [-0.2, -0.15) is 0 Å². The summed E-state index contributed by atoms with van der Waals surface area (Å²) in [5.41, 5.74) is 6.17. The van der Waals surface area contributed by atoms with Crippen molar-refractivity contribution in [3.05, 3.63) is 62.2 Å². The molecule has 0 atom stereocenters. The van der Waals surface area contributed by atoms with Crippen molar-refractivity contribution in [3.63, 3.8) is 0 Å². The molecule has 10 heteroatoms. The molecule has 0 unspecified atom stereocenters. The molecule has 0 aliphatic rings. The second-order valence-corrected chi connectivity index (χ2v) is 10.0. The summed E-state index contributed by atoms with van der Waals surface area (Å²) in [6.45, 7) is 5.92. The van der Waals surface area contributed by atoms with Crippen molar-refractivity contribution >= 4 is 51.3 Å². The normalized spacial score (nSPS) is 11.2. The fraction of sp³-hybridized carbons (Fsp3) is 0.280. The van der Waals surface area contributed by atoms with Crippen LogP contribution in [0.5, 0.6) is 11.6 Å². The first-order valence-electron chi connectivity index (χ1n) is 10.9. The van der Waals surface area contributed by atoms with Crippen LogP contribution in [0.1, 0.15) is 30.7 Å². The Hall–Kier alpha value is -2.94. The first-order chi connectivity index (χ1) is 16.8. The van der Waals surface area contributed by atoms with E-state index in [2.05, 4.69) is 15.3 Å². The summed E-state index contributed by atoms with van der Waals surface area (Å²) < 4.78 is 12.3. The third-order valence-electron chi connectivity index (χ3n) is 5.44. The number of nitrogens with zero attached hydrogens (tertiary/aromatic N) is 3. The molecule has 0 saturated carbocycles. The Morgan fingerprint density at radius 1 is 1.20 bits per heavy atom.